The van der Waals surface area contributed by atoms with Gasteiger partial charge in [0, 0.05) is 6.42 Å². The smallest absolute Gasteiger partial charge is 0.156 e. The summed E-state index contributed by atoms with van der Waals surface area (Å²) in [6.45, 7) is 0. The number of Topliss-reactive ketones (excluding diaryl/α,β-unsaturated/α-hetero) is 1. The van der Waals surface area contributed by atoms with Crippen molar-refractivity contribution < 1.29 is 9.90 Å². The van der Waals surface area contributed by atoms with Crippen molar-refractivity contribution in [1.29, 1.82) is 0 Å². The molecule has 0 aliphatic heterocycles. The molecule has 0 amide bonds. The van der Waals surface area contributed by atoms with Crippen LogP contribution in [-0.4, -0.2) is 16.4 Å². The van der Waals surface area contributed by atoms with Crippen LogP contribution in [0.25, 0.3) is 0 Å². The van der Waals surface area contributed by atoms with E-state index in [1.807, 2.05) is 0 Å². The van der Waals surface area contributed by atoms with E-state index in [1.165, 1.54) is 0 Å². The van der Waals surface area contributed by atoms with Crippen LogP contribution in [0.4, 0.5) is 0 Å². The molecule has 3 heteroatoms. The number of carbonyl (C=O) groups excluding carboxylic acids is 1. The Balaban J connectivity index is 2.02. The third kappa shape index (κ3) is 2.02. The quantitative estimate of drug-likeness (QED) is 0.783. The van der Waals surface area contributed by atoms with Crippen molar-refractivity contribution in [2.24, 2.45) is 5.73 Å². The monoisotopic (exact) mass is 205 g/mol. The zero-order valence-electron chi connectivity index (χ0n) is 8.57. The fourth-order valence-corrected chi connectivity index (χ4v) is 1.81. The number of hydrogen-bond acceptors (Lipinski definition) is 3. The summed E-state index contributed by atoms with van der Waals surface area (Å²) in [5.74, 6) is 0.330. The molecule has 1 aliphatic carbocycles. The molecular formula is C12H15NO2. The number of phenolic OH excluding ortho intramolecular Hbond substituents is 1. The van der Waals surface area contributed by atoms with Gasteiger partial charge < -0.3 is 10.8 Å². The van der Waals surface area contributed by atoms with E-state index in [9.17, 15) is 4.79 Å². The third-order valence-electron chi connectivity index (χ3n) is 3.10. The van der Waals surface area contributed by atoms with Gasteiger partial charge in [0.2, 0.25) is 0 Å². The Labute approximate surface area is 88.9 Å². The first-order valence-electron chi connectivity index (χ1n) is 5.20. The lowest BCUT2D eigenvalue weighted by Crippen LogP contribution is -2.54. The number of carbonyl (C=O) groups is 1. The summed E-state index contributed by atoms with van der Waals surface area (Å²) in [6.07, 6.45) is 3.04. The van der Waals surface area contributed by atoms with E-state index in [0.29, 0.717) is 6.42 Å². The Morgan fingerprint density at radius 2 is 1.93 bits per heavy atom. The SMILES string of the molecule is NC1(C(=O)Cc2ccc(O)cc2)CCC1. The Kier molecular flexibility index (Phi) is 2.49. The average Bonchev–Trinajstić information content (AvgIpc) is 2.18. The molecule has 0 unspecified atom stereocenters. The molecular weight excluding hydrogens is 190 g/mol. The Bertz CT molecular complexity index is 366. The predicted octanol–water partition coefficient (Wildman–Crippen LogP) is 1.39. The highest BCUT2D eigenvalue weighted by Gasteiger charge is 2.39. The Morgan fingerprint density at radius 3 is 2.40 bits per heavy atom. The summed E-state index contributed by atoms with van der Waals surface area (Å²) in [5, 5.41) is 9.10. The van der Waals surface area contributed by atoms with Crippen LogP contribution in [0, 0.1) is 0 Å². The molecule has 1 saturated carbocycles. The molecule has 80 valence electrons. The molecule has 0 aromatic heterocycles. The van der Waals surface area contributed by atoms with Gasteiger partial charge in [-0.1, -0.05) is 12.1 Å². The van der Waals surface area contributed by atoms with Crippen LogP contribution in [0.1, 0.15) is 24.8 Å². The third-order valence-corrected chi connectivity index (χ3v) is 3.10. The summed E-state index contributed by atoms with van der Waals surface area (Å²) >= 11 is 0. The lowest BCUT2D eigenvalue weighted by atomic mass is 9.73. The fourth-order valence-electron chi connectivity index (χ4n) is 1.81. The summed E-state index contributed by atoms with van der Waals surface area (Å²) in [4.78, 5) is 11.8. The molecule has 1 aliphatic rings. The molecule has 3 N–H and O–H groups in total. The molecule has 0 bridgehead atoms. The number of ketones is 1. The van der Waals surface area contributed by atoms with Crippen molar-refractivity contribution in [1.82, 2.24) is 0 Å². The van der Waals surface area contributed by atoms with Crippen molar-refractivity contribution in [2.45, 2.75) is 31.2 Å². The van der Waals surface area contributed by atoms with E-state index in [-0.39, 0.29) is 11.5 Å². The lowest BCUT2D eigenvalue weighted by molar-refractivity contribution is -0.126. The zero-order chi connectivity index (χ0) is 10.9. The first-order valence-corrected chi connectivity index (χ1v) is 5.20. The van der Waals surface area contributed by atoms with Crippen molar-refractivity contribution in [2.75, 3.05) is 0 Å². The molecule has 0 spiro atoms. The molecule has 0 atom stereocenters. The second kappa shape index (κ2) is 3.66. The van der Waals surface area contributed by atoms with Crippen LogP contribution in [0.15, 0.2) is 24.3 Å². The first kappa shape index (κ1) is 10.2. The molecule has 1 fully saturated rings. The highest BCUT2D eigenvalue weighted by molar-refractivity contribution is 5.90. The predicted molar refractivity (Wildman–Crippen MR) is 57.6 cm³/mol. The van der Waals surface area contributed by atoms with Crippen LogP contribution in [0.5, 0.6) is 5.75 Å². The summed E-state index contributed by atoms with van der Waals surface area (Å²) in [5.41, 5.74) is 6.27. The minimum atomic E-state index is -0.572. The van der Waals surface area contributed by atoms with Gasteiger partial charge in [0.25, 0.3) is 0 Å². The van der Waals surface area contributed by atoms with Gasteiger partial charge in [-0.15, -0.1) is 0 Å². The summed E-state index contributed by atoms with van der Waals surface area (Å²) in [7, 11) is 0. The van der Waals surface area contributed by atoms with Crippen molar-refractivity contribution in [3.05, 3.63) is 29.8 Å². The maximum absolute atomic E-state index is 11.8. The first-order chi connectivity index (χ1) is 7.10. The van der Waals surface area contributed by atoms with Gasteiger partial charge in [0.05, 0.1) is 5.54 Å². The molecule has 0 heterocycles. The number of nitrogens with two attached hydrogens (primary N) is 1. The van der Waals surface area contributed by atoms with Crippen LogP contribution in [0.3, 0.4) is 0 Å². The van der Waals surface area contributed by atoms with Crippen LogP contribution in [0.2, 0.25) is 0 Å². The normalized spacial score (nSPS) is 18.2. The molecule has 0 saturated heterocycles. The number of hydrogen-bond donors (Lipinski definition) is 2. The fraction of sp³-hybridized carbons (Fsp3) is 0.417. The molecule has 1 aromatic carbocycles. The highest BCUT2D eigenvalue weighted by atomic mass is 16.3. The van der Waals surface area contributed by atoms with Gasteiger partial charge in [-0.25, -0.2) is 0 Å². The Hall–Kier alpha value is -1.35. The second-order valence-electron chi connectivity index (χ2n) is 4.28. The van der Waals surface area contributed by atoms with Crippen molar-refractivity contribution >= 4 is 5.78 Å². The van der Waals surface area contributed by atoms with Gasteiger partial charge in [0.15, 0.2) is 5.78 Å². The Morgan fingerprint density at radius 1 is 1.33 bits per heavy atom. The maximum atomic E-state index is 11.8. The average molecular weight is 205 g/mol. The van der Waals surface area contributed by atoms with Crippen molar-refractivity contribution in [3.63, 3.8) is 0 Å². The van der Waals surface area contributed by atoms with Crippen LogP contribution in [-0.2, 0) is 11.2 Å². The van der Waals surface area contributed by atoms with E-state index in [1.54, 1.807) is 24.3 Å². The van der Waals surface area contributed by atoms with Gasteiger partial charge in [-0.3, -0.25) is 4.79 Å². The van der Waals surface area contributed by atoms with Gasteiger partial charge in [-0.2, -0.15) is 0 Å². The minimum Gasteiger partial charge on any atom is -0.508 e. The molecule has 1 aromatic rings. The van der Waals surface area contributed by atoms with E-state index >= 15 is 0 Å². The second-order valence-corrected chi connectivity index (χ2v) is 4.28. The number of rotatable bonds is 3. The standard InChI is InChI=1S/C12H15NO2/c13-12(6-1-7-12)11(15)8-9-2-4-10(14)5-3-9/h2-5,14H,1,6-8,13H2. The summed E-state index contributed by atoms with van der Waals surface area (Å²) < 4.78 is 0. The van der Waals surface area contributed by atoms with E-state index < -0.39 is 5.54 Å². The topological polar surface area (TPSA) is 63.3 Å². The van der Waals surface area contributed by atoms with E-state index in [4.69, 9.17) is 10.8 Å². The lowest BCUT2D eigenvalue weighted by Gasteiger charge is -2.36. The van der Waals surface area contributed by atoms with E-state index in [2.05, 4.69) is 0 Å². The van der Waals surface area contributed by atoms with E-state index in [0.717, 1.165) is 24.8 Å². The minimum absolute atomic E-state index is 0.111. The number of aromatic hydroxyl groups is 1. The van der Waals surface area contributed by atoms with Gasteiger partial charge in [0.1, 0.15) is 5.75 Å². The highest BCUT2D eigenvalue weighted by Crippen LogP contribution is 2.31. The molecule has 2 rings (SSSR count). The van der Waals surface area contributed by atoms with Gasteiger partial charge in [-0.05, 0) is 37.0 Å². The summed E-state index contributed by atoms with van der Waals surface area (Å²) in [6, 6.07) is 6.70. The zero-order valence-corrected chi connectivity index (χ0v) is 8.57. The molecule has 3 nitrogen and oxygen atoms in total. The van der Waals surface area contributed by atoms with Gasteiger partial charge >= 0.3 is 0 Å². The largest absolute Gasteiger partial charge is 0.508 e. The number of phenols is 1. The van der Waals surface area contributed by atoms with Crippen LogP contribution >= 0.6 is 0 Å². The molecule has 0 radical (unpaired) electrons. The van der Waals surface area contributed by atoms with Crippen molar-refractivity contribution in [3.8, 4) is 5.75 Å². The maximum Gasteiger partial charge on any atom is 0.156 e. The molecule has 15 heavy (non-hydrogen) atoms. The van der Waals surface area contributed by atoms with Crippen LogP contribution < -0.4 is 5.73 Å². The number of benzene rings is 1.